The number of para-hydroxylation sites is 1. The predicted octanol–water partition coefficient (Wildman–Crippen LogP) is 4.10. The van der Waals surface area contributed by atoms with Gasteiger partial charge in [-0.2, -0.15) is 0 Å². The van der Waals surface area contributed by atoms with Crippen LogP contribution >= 0.6 is 11.6 Å². The molecule has 196 valence electrons. The van der Waals surface area contributed by atoms with Crippen molar-refractivity contribution >= 4 is 39.1 Å². The minimum Gasteiger partial charge on any atom is -0.497 e. The van der Waals surface area contributed by atoms with Crippen LogP contribution in [-0.2, 0) is 26.2 Å². The first-order valence-electron chi connectivity index (χ1n) is 11.7. The number of ether oxygens (including phenoxy) is 1. The van der Waals surface area contributed by atoms with Gasteiger partial charge in [0.1, 0.15) is 18.3 Å². The van der Waals surface area contributed by atoms with E-state index < -0.39 is 28.5 Å². The maximum Gasteiger partial charge on any atom is 0.264 e. The first-order valence-corrected chi connectivity index (χ1v) is 13.5. The van der Waals surface area contributed by atoms with Gasteiger partial charge in [-0.15, -0.1) is 0 Å². The summed E-state index contributed by atoms with van der Waals surface area (Å²) in [6, 6.07) is 20.5. The van der Waals surface area contributed by atoms with E-state index in [0.29, 0.717) is 28.4 Å². The lowest BCUT2D eigenvalue weighted by molar-refractivity contribution is -0.140. The quantitative estimate of drug-likeness (QED) is 0.393. The predicted molar refractivity (Wildman–Crippen MR) is 144 cm³/mol. The highest BCUT2D eigenvalue weighted by Crippen LogP contribution is 2.26. The number of nitrogens with one attached hydrogen (secondary N) is 1. The summed E-state index contributed by atoms with van der Waals surface area (Å²) in [7, 11) is -1.16. The van der Waals surface area contributed by atoms with Crippen molar-refractivity contribution in [3.63, 3.8) is 0 Å². The Morgan fingerprint density at radius 2 is 1.59 bits per heavy atom. The molecule has 10 heteroatoms. The fraction of sp³-hybridized carbons (Fsp3) is 0.259. The molecule has 0 fully saturated rings. The third-order valence-electron chi connectivity index (χ3n) is 5.90. The van der Waals surface area contributed by atoms with Crippen LogP contribution in [0.5, 0.6) is 5.75 Å². The summed E-state index contributed by atoms with van der Waals surface area (Å²) in [6.07, 6.45) is 0.326. The van der Waals surface area contributed by atoms with Gasteiger partial charge in [0.2, 0.25) is 11.8 Å². The van der Waals surface area contributed by atoms with Gasteiger partial charge in [0.05, 0.1) is 17.7 Å². The van der Waals surface area contributed by atoms with Crippen molar-refractivity contribution in [2.75, 3.05) is 25.0 Å². The summed E-state index contributed by atoms with van der Waals surface area (Å²) in [6.45, 7) is 1.31. The van der Waals surface area contributed by atoms with E-state index in [0.717, 1.165) is 4.31 Å². The van der Waals surface area contributed by atoms with Crippen molar-refractivity contribution < 1.29 is 22.7 Å². The lowest BCUT2D eigenvalue weighted by atomic mass is 10.1. The number of methoxy groups -OCH3 is 1. The summed E-state index contributed by atoms with van der Waals surface area (Å²) < 4.78 is 33.7. The van der Waals surface area contributed by atoms with Gasteiger partial charge in [0.25, 0.3) is 10.0 Å². The van der Waals surface area contributed by atoms with Gasteiger partial charge in [-0.1, -0.05) is 54.9 Å². The molecule has 1 atom stereocenters. The van der Waals surface area contributed by atoms with E-state index in [4.69, 9.17) is 16.3 Å². The van der Waals surface area contributed by atoms with Crippen molar-refractivity contribution in [3.8, 4) is 5.75 Å². The molecule has 0 radical (unpaired) electrons. The number of hydrogen-bond donors (Lipinski definition) is 1. The molecule has 0 heterocycles. The Balaban J connectivity index is 2.04. The van der Waals surface area contributed by atoms with Crippen molar-refractivity contribution in [3.05, 3.63) is 89.4 Å². The van der Waals surface area contributed by atoms with Crippen LogP contribution in [0.1, 0.15) is 18.9 Å². The van der Waals surface area contributed by atoms with E-state index in [2.05, 4.69) is 5.32 Å². The largest absolute Gasteiger partial charge is 0.497 e. The number of hydrogen-bond acceptors (Lipinski definition) is 5. The molecule has 0 saturated heterocycles. The number of likely N-dealkylation sites (N-methyl/N-ethyl adjacent to an activating group) is 1. The molecule has 0 aliphatic carbocycles. The van der Waals surface area contributed by atoms with Gasteiger partial charge in [0.15, 0.2) is 0 Å². The number of carbonyl (C=O) groups excluding carboxylic acids is 2. The number of nitrogens with zero attached hydrogens (tertiary/aromatic N) is 2. The fourth-order valence-electron chi connectivity index (χ4n) is 3.89. The molecule has 3 rings (SSSR count). The van der Waals surface area contributed by atoms with Crippen molar-refractivity contribution in [2.45, 2.75) is 30.8 Å². The molecule has 8 nitrogen and oxygen atoms in total. The summed E-state index contributed by atoms with van der Waals surface area (Å²) in [4.78, 5) is 27.9. The molecular weight excluding hydrogens is 514 g/mol. The van der Waals surface area contributed by atoms with Crippen LogP contribution in [0.15, 0.2) is 83.8 Å². The summed E-state index contributed by atoms with van der Waals surface area (Å²) in [5.74, 6) is -0.396. The first-order chi connectivity index (χ1) is 17.7. The second-order valence-corrected chi connectivity index (χ2v) is 10.4. The highest BCUT2D eigenvalue weighted by Gasteiger charge is 2.33. The van der Waals surface area contributed by atoms with E-state index in [-0.39, 0.29) is 17.3 Å². The third-order valence-corrected chi connectivity index (χ3v) is 8.06. The number of rotatable bonds is 11. The molecular formula is C27H30ClN3O5S. The molecule has 1 unspecified atom stereocenters. The van der Waals surface area contributed by atoms with Gasteiger partial charge in [0, 0.05) is 18.6 Å². The SMILES string of the molecule is CCC(C(=O)NC)N(Cc1ccccc1Cl)C(=O)CN(c1ccccc1)S(=O)(=O)c1ccc(OC)cc1. The number of anilines is 1. The fourth-order valence-corrected chi connectivity index (χ4v) is 5.50. The average molecular weight is 544 g/mol. The Morgan fingerprint density at radius 3 is 2.16 bits per heavy atom. The Bertz CT molecular complexity index is 1320. The monoisotopic (exact) mass is 543 g/mol. The van der Waals surface area contributed by atoms with Crippen LogP contribution in [0.25, 0.3) is 0 Å². The van der Waals surface area contributed by atoms with Gasteiger partial charge in [-0.05, 0) is 54.4 Å². The molecule has 0 aliphatic heterocycles. The lowest BCUT2D eigenvalue weighted by Crippen LogP contribution is -2.51. The zero-order valence-corrected chi connectivity index (χ0v) is 22.5. The molecule has 3 aromatic carbocycles. The molecule has 1 N–H and O–H groups in total. The van der Waals surface area contributed by atoms with Gasteiger partial charge in [-0.3, -0.25) is 13.9 Å². The topological polar surface area (TPSA) is 96.0 Å². The second-order valence-electron chi connectivity index (χ2n) is 8.17. The summed E-state index contributed by atoms with van der Waals surface area (Å²) in [5, 5.41) is 3.04. The number of carbonyl (C=O) groups is 2. The maximum atomic E-state index is 13.8. The van der Waals surface area contributed by atoms with E-state index in [9.17, 15) is 18.0 Å². The molecule has 2 amide bonds. The van der Waals surface area contributed by atoms with Crippen LogP contribution in [0, 0.1) is 0 Å². The van der Waals surface area contributed by atoms with Crippen molar-refractivity contribution in [2.24, 2.45) is 0 Å². The van der Waals surface area contributed by atoms with Gasteiger partial charge < -0.3 is 15.0 Å². The molecule has 0 aliphatic rings. The molecule has 37 heavy (non-hydrogen) atoms. The van der Waals surface area contributed by atoms with Crippen LogP contribution in [-0.4, -0.2) is 51.9 Å². The number of amides is 2. The Hall–Kier alpha value is -3.56. The van der Waals surface area contributed by atoms with Crippen LogP contribution in [0.4, 0.5) is 5.69 Å². The smallest absolute Gasteiger partial charge is 0.264 e. The Morgan fingerprint density at radius 1 is 0.973 bits per heavy atom. The Labute approximate surface area is 222 Å². The minimum absolute atomic E-state index is 0.000879. The van der Waals surface area contributed by atoms with Crippen molar-refractivity contribution in [1.29, 1.82) is 0 Å². The van der Waals surface area contributed by atoms with Gasteiger partial charge in [-0.25, -0.2) is 8.42 Å². The molecule has 0 aromatic heterocycles. The third kappa shape index (κ3) is 6.61. The molecule has 0 saturated carbocycles. The van der Waals surface area contributed by atoms with E-state index in [1.165, 1.54) is 31.2 Å². The van der Waals surface area contributed by atoms with E-state index >= 15 is 0 Å². The van der Waals surface area contributed by atoms with Crippen LogP contribution in [0.3, 0.4) is 0 Å². The molecule has 0 spiro atoms. The normalized spacial score (nSPS) is 11.9. The minimum atomic E-state index is -4.14. The second kappa shape index (κ2) is 12.6. The standard InChI is InChI=1S/C27H30ClN3O5S/c1-4-25(27(33)29-2)30(18-20-10-8-9-13-24(20)28)26(32)19-31(21-11-6-5-7-12-21)37(34,35)23-16-14-22(36-3)15-17-23/h5-17,25H,4,18-19H2,1-3H3,(H,29,33). The lowest BCUT2D eigenvalue weighted by Gasteiger charge is -2.33. The first kappa shape index (κ1) is 28.0. The zero-order valence-electron chi connectivity index (χ0n) is 20.9. The maximum absolute atomic E-state index is 13.8. The summed E-state index contributed by atoms with van der Waals surface area (Å²) in [5.41, 5.74) is 0.960. The zero-order chi connectivity index (χ0) is 27.0. The average Bonchev–Trinajstić information content (AvgIpc) is 2.92. The van der Waals surface area contributed by atoms with Gasteiger partial charge >= 0.3 is 0 Å². The highest BCUT2D eigenvalue weighted by molar-refractivity contribution is 7.92. The number of benzene rings is 3. The number of halogens is 1. The number of sulfonamides is 1. The van der Waals surface area contributed by atoms with Crippen molar-refractivity contribution in [1.82, 2.24) is 10.2 Å². The van der Waals surface area contributed by atoms with E-state index in [1.54, 1.807) is 73.7 Å². The molecule has 0 bridgehead atoms. The van der Waals surface area contributed by atoms with E-state index in [1.807, 2.05) is 0 Å². The highest BCUT2D eigenvalue weighted by atomic mass is 35.5. The molecule has 3 aromatic rings. The van der Waals surface area contributed by atoms with Crippen LogP contribution in [0.2, 0.25) is 5.02 Å². The summed E-state index contributed by atoms with van der Waals surface area (Å²) >= 11 is 6.36. The van der Waals surface area contributed by atoms with Crippen LogP contribution < -0.4 is 14.4 Å². The Kier molecular flexibility index (Phi) is 9.54.